The Morgan fingerprint density at radius 2 is 0.674 bits per heavy atom. The quantitative estimate of drug-likeness (QED) is 0.00940. The van der Waals surface area contributed by atoms with Crippen molar-refractivity contribution in [2.24, 2.45) is 0 Å². The number of esters is 2. The van der Waals surface area contributed by atoms with Gasteiger partial charge in [-0.3, -0.25) is 14.4 Å². The summed E-state index contributed by atoms with van der Waals surface area (Å²) >= 11 is 0. The minimum atomic E-state index is -2.30. The van der Waals surface area contributed by atoms with Crippen LogP contribution in [-0.4, -0.2) is 104 Å². The van der Waals surface area contributed by atoms with Crippen LogP contribution in [0.25, 0.3) is 0 Å². The fourth-order valence-electron chi connectivity index (χ4n) is 14.5. The Hall–Kier alpha value is -11.3. The normalized spacial score (nSPS) is 16.2. The Morgan fingerprint density at radius 3 is 0.943 bits per heavy atom. The number of hydrogen-bond acceptors (Lipinski definition) is 14. The van der Waals surface area contributed by atoms with Crippen LogP contribution in [0.4, 0.5) is 0 Å². The predicted octanol–water partition coefficient (Wildman–Crippen LogP) is 31.6. The highest BCUT2D eigenvalue weighted by molar-refractivity contribution is 7.64. The Balaban J connectivity index is 0.000000551. The number of methoxy groups -OCH3 is 1. The predicted molar refractivity (Wildman–Crippen MR) is 589 cm³/mol. The van der Waals surface area contributed by atoms with Gasteiger partial charge in [0.05, 0.1) is 38.6 Å². The Kier molecular flexibility index (Phi) is 67.3. The smallest absolute Gasteiger partial charge is 0.373 e. The molecule has 0 bridgehead atoms. The summed E-state index contributed by atoms with van der Waals surface area (Å²) in [5, 5.41) is 8.88. The third-order valence-electron chi connectivity index (χ3n) is 23.8. The van der Waals surface area contributed by atoms with Crippen molar-refractivity contribution in [2.75, 3.05) is 33.7 Å². The second-order valence-corrected chi connectivity index (χ2v) is 41.8. The Morgan fingerprint density at radius 1 is 0.397 bits per heavy atom. The molecule has 141 heavy (non-hydrogen) atoms. The number of epoxide rings is 2. The monoisotopic (exact) mass is 1940 g/mol. The van der Waals surface area contributed by atoms with Gasteiger partial charge in [-0.1, -0.05) is 316 Å². The van der Waals surface area contributed by atoms with Crippen LogP contribution < -0.4 is 4.74 Å². The van der Waals surface area contributed by atoms with Crippen LogP contribution in [0.15, 0.2) is 346 Å². The van der Waals surface area contributed by atoms with Crippen molar-refractivity contribution in [3.05, 3.63) is 385 Å². The van der Waals surface area contributed by atoms with Crippen molar-refractivity contribution in [2.45, 2.75) is 321 Å². The number of aliphatic hydroxyl groups excluding tert-OH is 1. The molecule has 3 aliphatic heterocycles. The number of fused-ring (bicyclic) bond motifs is 1. The summed E-state index contributed by atoms with van der Waals surface area (Å²) in [7, 11) is -1.00. The number of Topliss-reactive ketones (excluding diaryl/α,β-unsaturated/α-hetero) is 1. The van der Waals surface area contributed by atoms with E-state index in [1.807, 2.05) is 63.3 Å². The van der Waals surface area contributed by atoms with Crippen LogP contribution in [0.3, 0.4) is 0 Å². The van der Waals surface area contributed by atoms with Crippen molar-refractivity contribution in [3.8, 4) is 5.75 Å². The molecule has 5 atom stereocenters. The van der Waals surface area contributed by atoms with E-state index in [-0.39, 0.29) is 36.7 Å². The summed E-state index contributed by atoms with van der Waals surface area (Å²) in [6, 6.07) is 70.9. The molecule has 0 radical (unpaired) electrons. The zero-order valence-electron chi connectivity index (χ0n) is 89.4. The molecule has 7 aromatic carbocycles. The number of hydrogen-bond donors (Lipinski definition) is 1. The molecule has 7 aromatic rings. The average Bonchev–Trinajstić information content (AvgIpc) is 1.61. The number of ether oxygens (including phenoxy) is 5. The number of benzene rings is 7. The number of carbonyl (C=O) groups excluding carboxylic acids is 7. The molecule has 764 valence electrons. The number of carbonyl (C=O) groups is 5. The van der Waals surface area contributed by atoms with Crippen LogP contribution >= 0.6 is 7.14 Å². The lowest BCUT2D eigenvalue weighted by molar-refractivity contribution is -0.191. The summed E-state index contributed by atoms with van der Waals surface area (Å²) in [5.74, 6) is 0.354. The first-order chi connectivity index (χ1) is 67.4. The third kappa shape index (κ3) is 63.9. The maximum atomic E-state index is 12.5. The molecule has 0 aromatic heterocycles. The fraction of sp³-hybridized carbons (Fsp3) is 0.429. The van der Waals surface area contributed by atoms with E-state index in [1.165, 1.54) is 129 Å². The molecule has 0 aliphatic carbocycles. The number of aldehydes is 2. The second kappa shape index (κ2) is 75.5. The average molecular weight is 1940 g/mol. The van der Waals surface area contributed by atoms with Crippen molar-refractivity contribution in [1.29, 1.82) is 0 Å². The second-order valence-electron chi connectivity index (χ2n) is 38.1. The molecule has 5 unspecified atom stereocenters. The molecule has 2 fully saturated rings. The Labute approximate surface area is 850 Å². The van der Waals surface area contributed by atoms with E-state index in [9.17, 15) is 28.5 Å². The highest BCUT2D eigenvalue weighted by atomic mass is 31.2. The van der Waals surface area contributed by atoms with Gasteiger partial charge in [-0.15, -0.1) is 0 Å². The summed E-state index contributed by atoms with van der Waals surface area (Å²) in [4.78, 5) is 70.8. The minimum absolute atomic E-state index is 0.0527. The summed E-state index contributed by atoms with van der Waals surface area (Å²) in [6.07, 6.45) is 56.9. The highest BCUT2D eigenvalue weighted by Crippen LogP contribution is 2.45. The van der Waals surface area contributed by atoms with E-state index in [4.69, 9.17) is 33.6 Å². The summed E-state index contributed by atoms with van der Waals surface area (Å²) in [6.45, 7) is 40.6. The molecular formula is C126H171O14P. The number of allylic oxidation sites excluding steroid dienone is 21. The van der Waals surface area contributed by atoms with E-state index < -0.39 is 30.0 Å². The number of aryl methyl sites for hydroxylation is 6. The molecule has 3 aliphatic rings. The number of ketones is 1. The third-order valence-corrected chi connectivity index (χ3v) is 25.9. The lowest BCUT2D eigenvalue weighted by Gasteiger charge is -2.12. The van der Waals surface area contributed by atoms with Crippen LogP contribution in [0.1, 0.15) is 297 Å². The molecular weight excluding hydrogens is 1770 g/mol. The van der Waals surface area contributed by atoms with E-state index in [0.29, 0.717) is 30.1 Å². The molecule has 15 heteroatoms. The van der Waals surface area contributed by atoms with Crippen LogP contribution in [0, 0.1) is 0 Å². The van der Waals surface area contributed by atoms with E-state index >= 15 is 0 Å². The first kappa shape index (κ1) is 126. The maximum absolute atomic E-state index is 12.5. The molecule has 10 rings (SSSR count). The largest absolute Gasteiger partial charge is 0.468 e. The molecule has 0 amide bonds. The zero-order chi connectivity index (χ0) is 104. The van der Waals surface area contributed by atoms with Crippen molar-refractivity contribution < 1.29 is 66.9 Å². The highest BCUT2D eigenvalue weighted by Gasteiger charge is 2.52. The van der Waals surface area contributed by atoms with E-state index in [0.717, 1.165) is 153 Å². The fourth-order valence-corrected chi connectivity index (χ4v) is 15.1. The van der Waals surface area contributed by atoms with Crippen molar-refractivity contribution in [3.63, 3.8) is 0 Å². The summed E-state index contributed by atoms with van der Waals surface area (Å²) < 4.78 is 37.5. The number of para-hydroxylation sites is 1. The first-order valence-electron chi connectivity index (χ1n) is 50.5. The van der Waals surface area contributed by atoms with Gasteiger partial charge in [0.25, 0.3) is 0 Å². The van der Waals surface area contributed by atoms with Gasteiger partial charge < -0.3 is 42.9 Å². The van der Waals surface area contributed by atoms with Gasteiger partial charge in [-0.25, -0.2) is 0 Å². The van der Waals surface area contributed by atoms with Crippen LogP contribution in [0.2, 0.25) is 0 Å². The molecule has 0 saturated carbocycles. The molecule has 1 N–H and O–H groups in total. The number of aliphatic hydroxyl groups is 1. The van der Waals surface area contributed by atoms with Crippen molar-refractivity contribution in [1.82, 2.24) is 0 Å². The van der Waals surface area contributed by atoms with Gasteiger partial charge in [-0.05, 0) is 349 Å². The van der Waals surface area contributed by atoms with Crippen LogP contribution in [-0.2, 0) is 90.8 Å². The van der Waals surface area contributed by atoms with Gasteiger partial charge in [0, 0.05) is 13.3 Å². The number of rotatable bonds is 46. The van der Waals surface area contributed by atoms with Gasteiger partial charge in [0.1, 0.15) is 35.5 Å². The maximum Gasteiger partial charge on any atom is 0.373 e. The molecule has 3 heterocycles. The van der Waals surface area contributed by atoms with Gasteiger partial charge >= 0.3 is 18.1 Å². The SMILES string of the molecule is C/C(=C/CC/C(C)=C/CCc1ccccc1)CO.C/C(=C\CCc1ccccc1)CCC1OC1(C)/C=C1\Oc2ccccc2C1=O.C/C(=C\CCc1ccccc1)CCC1OC1(C)C=O.C/C(=C\CCc1ccccc1)CCC=O.CC(=O)OC/C=C(\C)CCC=C(C)C.CC(C)=CCC/C(C)=C/CCc1ccccc1.CC(C)=CCC/C(C)=C/CCc1ccccc1.COC(=O)C(C)P(C)(C)=O.O=C=O. The van der Waals surface area contributed by atoms with Gasteiger partial charge in [0.15, 0.2) is 12.0 Å². The minimum Gasteiger partial charge on any atom is -0.468 e. The molecule has 14 nitrogen and oxygen atoms in total. The molecule has 0 spiro atoms. The Bertz CT molecular complexity index is 5100. The van der Waals surface area contributed by atoms with Crippen LogP contribution in [0.5, 0.6) is 5.75 Å². The van der Waals surface area contributed by atoms with Gasteiger partial charge in [-0.2, -0.15) is 9.59 Å². The standard InChI is InChI=1S/C25H26O3.C17H22O2.C17H24O.2C17H24.C14H18O.C12H20O2.C6H13O3P.CO2/c1-18(9-8-12-19-10-4-3-5-11-19)15-16-23-25(2,28-23)17-22-24(26)20-13-6-7-14-21(20)27-22;1-14(11-12-16-17(2,13-18)19-16)7-6-10-15-8-4-3-5-9-15;1-15(8-6-10-16(2)14-18)9-7-13-17-11-4-3-5-12-17;2*1-15(2)9-7-10-16(3)11-8-14-17-12-5-4-6-13-17;1-13(8-6-12-15)7-5-11-14-9-3-2-4-10-14;1-10(2)6-5-7-11(3)8-9-14-12(4)13;1-5(6(7)9-2)10(3,4)8;2-1-3/h3-7,9-11,13-14,17,23H,8,12,15-16H2,1-2H3;3-5,7-9,13,16H,6,10-12H2,1-2H3;3-5,9-12,18H,6-8,13-14H2,1-2H3;2*4-6,9,11-13H,7-8,10,14H2,1-3H3;2-4,7,9-10,12H,5-6,8,11H2,1H3;6,8H,5,7,9H2,1-4H3;5H,1-4H3;/b18-9+,22-17-;14-7+;15-9+,16-10-;2*16-11+;13-7+;11-8+;;. The lowest BCUT2D eigenvalue weighted by Crippen LogP contribution is -2.17. The van der Waals surface area contributed by atoms with Crippen molar-refractivity contribution >= 4 is 43.6 Å². The van der Waals surface area contributed by atoms with Gasteiger partial charge in [0.2, 0.25) is 5.78 Å². The van der Waals surface area contributed by atoms with E-state index in [2.05, 4.69) is 325 Å². The van der Waals surface area contributed by atoms with E-state index in [1.54, 1.807) is 26.3 Å². The summed E-state index contributed by atoms with van der Waals surface area (Å²) in [5.41, 5.74) is 22.7. The first-order valence-corrected chi connectivity index (χ1v) is 53.1. The molecule has 2 saturated heterocycles. The zero-order valence-corrected chi connectivity index (χ0v) is 90.3. The topological polar surface area (TPSA) is 210 Å². The lowest BCUT2D eigenvalue weighted by atomic mass is 9.99.